The van der Waals surface area contributed by atoms with E-state index in [2.05, 4.69) is 16.0 Å². The van der Waals surface area contributed by atoms with Crippen LogP contribution >= 0.6 is 0 Å². The molecule has 3 amide bonds. The largest absolute Gasteiger partial charge is 0.508 e. The Kier molecular flexibility index (Phi) is 12.4. The average Bonchev–Trinajstić information content (AvgIpc) is 3.56. The number of likely N-dealkylation sites (N-methyl/N-ethyl adjacent to an activating group) is 1. The Morgan fingerprint density at radius 2 is 1.72 bits per heavy atom. The van der Waals surface area contributed by atoms with Crippen molar-refractivity contribution in [2.75, 3.05) is 65.2 Å². The number of hydrogen-bond acceptors (Lipinski definition) is 15. The second-order valence-corrected chi connectivity index (χ2v) is 16.0. The number of hydrogen-bond donors (Lipinski definition) is 8. The lowest BCUT2D eigenvalue weighted by Crippen LogP contribution is -2.65. The fourth-order valence-electron chi connectivity index (χ4n) is 7.77. The topological polar surface area (TPSA) is 263 Å². The minimum atomic E-state index is -2.73. The SMILES string of the molecule is CN(C)c1cc(NC(=O)CNC(C)(C)C)c(O)c2c1C[C@H]1C[C@H]3[C@H](N(C)C)C(=O)C(C(N)=O)=C(O)[C@@]3(O)C(=O)C1=C2O.COc1ccccc1OCC1CNC(=O)O1. The molecule has 2 aromatic rings. The van der Waals surface area contributed by atoms with Crippen molar-refractivity contribution in [1.82, 2.24) is 15.5 Å². The Bertz CT molecular complexity index is 2070. The Balaban J connectivity index is 0.000000332. The molecule has 0 aromatic heterocycles. The number of anilines is 2. The van der Waals surface area contributed by atoms with E-state index in [-0.39, 0.29) is 47.9 Å². The molecule has 1 unspecified atom stereocenters. The van der Waals surface area contributed by atoms with Gasteiger partial charge in [-0.3, -0.25) is 24.1 Å². The first-order valence-corrected chi connectivity index (χ1v) is 18.6. The van der Waals surface area contributed by atoms with Crippen LogP contribution in [0.1, 0.15) is 38.3 Å². The maximum absolute atomic E-state index is 14.0. The van der Waals surface area contributed by atoms with E-state index in [0.717, 1.165) is 0 Å². The van der Waals surface area contributed by atoms with Gasteiger partial charge < -0.3 is 61.2 Å². The molecule has 1 aliphatic heterocycles. The van der Waals surface area contributed by atoms with E-state index in [9.17, 15) is 44.4 Å². The first kappa shape index (κ1) is 43.3. The van der Waals surface area contributed by atoms with Crippen LogP contribution < -0.4 is 36.1 Å². The number of primary amides is 1. The van der Waals surface area contributed by atoms with Crippen molar-refractivity contribution in [2.45, 2.75) is 56.9 Å². The molecule has 0 spiro atoms. The molecule has 9 N–H and O–H groups in total. The van der Waals surface area contributed by atoms with Crippen LogP contribution in [0.25, 0.3) is 5.76 Å². The summed E-state index contributed by atoms with van der Waals surface area (Å²) < 4.78 is 15.6. The van der Waals surface area contributed by atoms with Crippen molar-refractivity contribution >= 4 is 46.6 Å². The number of methoxy groups -OCH3 is 1. The van der Waals surface area contributed by atoms with Gasteiger partial charge in [0.1, 0.15) is 29.4 Å². The van der Waals surface area contributed by atoms with E-state index in [1.165, 1.54) is 4.90 Å². The van der Waals surface area contributed by atoms with Gasteiger partial charge in [0, 0.05) is 36.8 Å². The fourth-order valence-corrected chi connectivity index (χ4v) is 7.77. The zero-order chi connectivity index (χ0) is 43.0. The molecule has 0 bridgehead atoms. The molecule has 5 atom stereocenters. The third-order valence-electron chi connectivity index (χ3n) is 10.5. The number of aliphatic hydroxyl groups is 3. The number of amides is 3. The van der Waals surface area contributed by atoms with Gasteiger partial charge >= 0.3 is 6.09 Å². The predicted molar refractivity (Wildman–Crippen MR) is 212 cm³/mol. The minimum absolute atomic E-state index is 0.00158. The predicted octanol–water partition coefficient (Wildman–Crippen LogP) is 1.54. The molecule has 58 heavy (non-hydrogen) atoms. The fraction of sp³-hybridized carbons (Fsp3) is 0.475. The molecule has 0 radical (unpaired) electrons. The number of phenolic OH excluding ortho intramolecular Hbond substituents is 1. The molecular weight excluding hydrogens is 756 g/mol. The average molecular weight is 809 g/mol. The number of rotatable bonds is 10. The van der Waals surface area contributed by atoms with E-state index in [1.54, 1.807) is 46.3 Å². The van der Waals surface area contributed by atoms with Crippen molar-refractivity contribution in [3.63, 3.8) is 0 Å². The Hall–Kier alpha value is -5.85. The van der Waals surface area contributed by atoms with Gasteiger partial charge in [-0.15, -0.1) is 0 Å². The van der Waals surface area contributed by atoms with E-state index in [0.29, 0.717) is 35.9 Å². The van der Waals surface area contributed by atoms with Crippen LogP contribution in [0.5, 0.6) is 17.2 Å². The van der Waals surface area contributed by atoms with Gasteiger partial charge in [0.25, 0.3) is 5.91 Å². The molecular formula is C40H52N6O12. The maximum atomic E-state index is 14.0. The second-order valence-electron chi connectivity index (χ2n) is 16.0. The van der Waals surface area contributed by atoms with Gasteiger partial charge in [-0.1, -0.05) is 12.1 Å². The summed E-state index contributed by atoms with van der Waals surface area (Å²) in [4.78, 5) is 66.1. The van der Waals surface area contributed by atoms with E-state index < -0.39 is 75.8 Å². The van der Waals surface area contributed by atoms with Gasteiger partial charge in [0.15, 0.2) is 29.0 Å². The zero-order valence-electron chi connectivity index (χ0n) is 33.8. The number of Topliss-reactive ketones (excluding diaryl/α,β-unsaturated/α-hetero) is 2. The molecule has 3 aliphatic carbocycles. The van der Waals surface area contributed by atoms with Crippen LogP contribution in [0.3, 0.4) is 0 Å². The highest BCUT2D eigenvalue weighted by Gasteiger charge is 2.64. The zero-order valence-corrected chi connectivity index (χ0v) is 33.8. The maximum Gasteiger partial charge on any atom is 0.407 e. The molecule has 18 nitrogen and oxygen atoms in total. The van der Waals surface area contributed by atoms with Crippen molar-refractivity contribution in [1.29, 1.82) is 0 Å². The molecule has 314 valence electrons. The molecule has 2 fully saturated rings. The number of aromatic hydroxyl groups is 1. The van der Waals surface area contributed by atoms with Crippen molar-refractivity contribution in [3.8, 4) is 17.2 Å². The minimum Gasteiger partial charge on any atom is -0.508 e. The monoisotopic (exact) mass is 808 g/mol. The highest BCUT2D eigenvalue weighted by molar-refractivity contribution is 6.24. The standard InChI is InChI=1S/C29H39N5O8.C11H13NO4/c1-28(2,3)31-11-17(35)32-15-10-16(33(4)5)13-8-12-9-14-21(34(6)7)24(38)20(27(30)41)26(40)29(14,42)25(39)18(12)23(37)19(13)22(15)36;1-14-9-4-2-3-5-10(9)15-7-8-6-12-11(13)16-8/h10,12,14,21,31,36-37,40,42H,8-9,11H2,1-7H3,(H2,30,41)(H,32,35);2-5,8H,6-7H2,1H3,(H,12,13)/t12-,14-,21-,29-;/m0./s1. The highest BCUT2D eigenvalue weighted by Crippen LogP contribution is 2.54. The Morgan fingerprint density at radius 3 is 2.28 bits per heavy atom. The number of benzene rings is 2. The van der Waals surface area contributed by atoms with E-state index in [4.69, 9.17) is 19.9 Å². The molecule has 6 rings (SSSR count). The first-order valence-electron chi connectivity index (χ1n) is 18.6. The van der Waals surface area contributed by atoms with E-state index >= 15 is 0 Å². The lowest BCUT2D eigenvalue weighted by molar-refractivity contribution is -0.153. The van der Waals surface area contributed by atoms with Gasteiger partial charge in [-0.2, -0.15) is 0 Å². The number of ketones is 2. The number of alkyl carbamates (subject to hydrolysis) is 1. The van der Waals surface area contributed by atoms with Crippen molar-refractivity contribution < 1.29 is 58.6 Å². The van der Waals surface area contributed by atoms with Crippen LogP contribution in [-0.4, -0.2) is 133 Å². The van der Waals surface area contributed by atoms with E-state index in [1.807, 2.05) is 45.0 Å². The van der Waals surface area contributed by atoms with Crippen LogP contribution in [-0.2, 0) is 30.3 Å². The molecule has 2 aromatic carbocycles. The summed E-state index contributed by atoms with van der Waals surface area (Å²) in [5, 5.41) is 53.9. The number of carbonyl (C=O) groups excluding carboxylic acids is 5. The number of nitrogens with two attached hydrogens (primary N) is 1. The summed E-state index contributed by atoms with van der Waals surface area (Å²) in [6, 6.07) is 7.75. The molecule has 4 aliphatic rings. The number of nitrogens with zero attached hydrogens (tertiary/aromatic N) is 2. The summed E-state index contributed by atoms with van der Waals surface area (Å²) in [6.45, 7) is 6.42. The number of aliphatic hydroxyl groups excluding tert-OH is 2. The number of cyclic esters (lactones) is 1. The smallest absolute Gasteiger partial charge is 0.407 e. The van der Waals surface area contributed by atoms with Gasteiger partial charge in [0.2, 0.25) is 11.7 Å². The number of fused-ring (bicyclic) bond motifs is 3. The number of ether oxygens (including phenoxy) is 3. The van der Waals surface area contributed by atoms with Crippen molar-refractivity contribution in [2.24, 2.45) is 17.6 Å². The molecule has 1 saturated heterocycles. The van der Waals surface area contributed by atoms with Crippen molar-refractivity contribution in [3.05, 3.63) is 58.4 Å². The number of phenols is 1. The Morgan fingerprint density at radius 1 is 1.07 bits per heavy atom. The summed E-state index contributed by atoms with van der Waals surface area (Å²) in [6.07, 6.45) is -0.516. The molecule has 1 saturated carbocycles. The number of para-hydroxylation sites is 2. The number of nitrogens with one attached hydrogen (secondary N) is 3. The third-order valence-corrected chi connectivity index (χ3v) is 10.5. The summed E-state index contributed by atoms with van der Waals surface area (Å²) in [7, 11) is 8.16. The van der Waals surface area contributed by atoms with Crippen LogP contribution in [0.15, 0.2) is 47.2 Å². The molecule has 1 heterocycles. The van der Waals surface area contributed by atoms with Crippen LogP contribution in [0.4, 0.5) is 16.2 Å². The summed E-state index contributed by atoms with van der Waals surface area (Å²) >= 11 is 0. The van der Waals surface area contributed by atoms with Gasteiger partial charge in [-0.25, -0.2) is 4.79 Å². The quantitative estimate of drug-likeness (QED) is 0.125. The summed E-state index contributed by atoms with van der Waals surface area (Å²) in [5.74, 6) is -6.48. The molecule has 18 heteroatoms. The first-order chi connectivity index (χ1) is 27.1. The summed E-state index contributed by atoms with van der Waals surface area (Å²) in [5.41, 5.74) is 2.11. The normalized spacial score (nSPS) is 23.8. The lowest BCUT2D eigenvalue weighted by atomic mass is 9.57. The lowest BCUT2D eigenvalue weighted by Gasteiger charge is -2.50. The van der Waals surface area contributed by atoms with Crippen LogP contribution in [0, 0.1) is 11.8 Å². The number of carbonyl (C=O) groups is 5. The highest BCUT2D eigenvalue weighted by atomic mass is 16.6. The Labute approximate surface area is 335 Å². The van der Waals surface area contributed by atoms with Crippen LogP contribution in [0.2, 0.25) is 0 Å². The third kappa shape index (κ3) is 8.25. The second kappa shape index (κ2) is 16.6. The van der Waals surface area contributed by atoms with Gasteiger partial charge in [-0.05, 0) is 77.4 Å². The van der Waals surface area contributed by atoms with Gasteiger partial charge in [0.05, 0.1) is 37.5 Å².